The second kappa shape index (κ2) is 6.77. The van der Waals surface area contributed by atoms with Crippen molar-refractivity contribution in [3.05, 3.63) is 69.5 Å². The van der Waals surface area contributed by atoms with Crippen molar-refractivity contribution in [1.82, 2.24) is 9.88 Å². The number of halogens is 1. The molecule has 1 amide bonds. The monoisotopic (exact) mass is 380 g/mol. The Morgan fingerprint density at radius 3 is 2.67 bits per heavy atom. The van der Waals surface area contributed by atoms with Crippen molar-refractivity contribution in [2.24, 2.45) is 0 Å². The summed E-state index contributed by atoms with van der Waals surface area (Å²) in [5.41, 5.74) is 7.56. The number of aryl methyl sites for hydroxylation is 2. The van der Waals surface area contributed by atoms with Crippen molar-refractivity contribution in [2.75, 3.05) is 19.7 Å². The third-order valence-corrected chi connectivity index (χ3v) is 6.00. The van der Waals surface area contributed by atoms with Crippen LogP contribution in [0.4, 0.5) is 0 Å². The number of hydrogen-bond donors (Lipinski definition) is 0. The van der Waals surface area contributed by atoms with Crippen LogP contribution in [0.25, 0.3) is 5.57 Å². The molecule has 1 atom stereocenters. The van der Waals surface area contributed by atoms with E-state index in [0.717, 1.165) is 49.5 Å². The normalized spacial score (nSPS) is 21.4. The van der Waals surface area contributed by atoms with Crippen molar-refractivity contribution in [1.29, 1.82) is 0 Å². The van der Waals surface area contributed by atoms with Gasteiger partial charge in [-0.3, -0.25) is 9.78 Å². The van der Waals surface area contributed by atoms with Gasteiger partial charge in [-0.1, -0.05) is 29.3 Å². The number of carbonyl (C=O) groups is 1. The molecule has 2 fully saturated rings. The average Bonchev–Trinajstić information content (AvgIpc) is 3.54. The second-order valence-electron chi connectivity index (χ2n) is 7.44. The number of aromatic nitrogens is 1. The van der Waals surface area contributed by atoms with Gasteiger partial charge >= 0.3 is 0 Å². The predicted molar refractivity (Wildman–Crippen MR) is 105 cm³/mol. The van der Waals surface area contributed by atoms with Crippen LogP contribution in [-0.2, 0) is 22.4 Å². The van der Waals surface area contributed by atoms with E-state index in [1.165, 1.54) is 27.8 Å². The van der Waals surface area contributed by atoms with Gasteiger partial charge in [-0.25, -0.2) is 0 Å². The minimum Gasteiger partial charge on any atom is -0.363 e. The number of likely N-dealkylation sites (tertiary alicyclic amines) is 1. The number of pyridine rings is 1. The average molecular weight is 381 g/mol. The Balaban J connectivity index is 1.56. The molecule has 0 bridgehead atoms. The first-order valence-electron chi connectivity index (χ1n) is 9.56. The third-order valence-electron chi connectivity index (χ3n) is 5.77. The van der Waals surface area contributed by atoms with E-state index in [2.05, 4.69) is 18.2 Å². The first-order valence-corrected chi connectivity index (χ1v) is 9.94. The standard InChI is InChI=1S/C22H21ClN2O2/c23-17-5-6-18-16(12-17)4-3-15-2-1-9-24-21(15)20(18)14-7-10-25(11-8-14)22(26)19-13-27-19/h1-2,5-6,9,12,19H,3-4,7-8,10-11,13H2. The molecule has 138 valence electrons. The Bertz CT molecular complexity index is 939. The maximum atomic E-state index is 12.3. The van der Waals surface area contributed by atoms with E-state index in [1.807, 2.05) is 23.2 Å². The topological polar surface area (TPSA) is 45.7 Å². The predicted octanol–water partition coefficient (Wildman–Crippen LogP) is 3.66. The summed E-state index contributed by atoms with van der Waals surface area (Å²) in [6.45, 7) is 2.08. The molecule has 3 aliphatic rings. The number of rotatable bonds is 1. The highest BCUT2D eigenvalue weighted by atomic mass is 35.5. The number of nitrogens with zero attached hydrogens (tertiary/aromatic N) is 2. The number of ether oxygens (including phenoxy) is 1. The number of hydrogen-bond acceptors (Lipinski definition) is 3. The molecule has 0 N–H and O–H groups in total. The number of epoxide rings is 1. The Morgan fingerprint density at radius 1 is 1.11 bits per heavy atom. The molecule has 1 aliphatic carbocycles. The molecular weight excluding hydrogens is 360 g/mol. The van der Waals surface area contributed by atoms with Gasteiger partial charge < -0.3 is 9.64 Å². The van der Waals surface area contributed by atoms with Gasteiger partial charge in [-0.05, 0) is 60.6 Å². The summed E-state index contributed by atoms with van der Waals surface area (Å²) in [5, 5.41) is 0.780. The molecule has 1 aromatic heterocycles. The van der Waals surface area contributed by atoms with Crippen LogP contribution in [0.1, 0.15) is 35.2 Å². The summed E-state index contributed by atoms with van der Waals surface area (Å²) in [4.78, 5) is 19.0. The van der Waals surface area contributed by atoms with E-state index in [4.69, 9.17) is 21.3 Å². The summed E-state index contributed by atoms with van der Waals surface area (Å²) in [6.07, 6.45) is 5.38. The molecule has 4 nitrogen and oxygen atoms in total. The van der Waals surface area contributed by atoms with Crippen molar-refractivity contribution in [2.45, 2.75) is 31.8 Å². The van der Waals surface area contributed by atoms with E-state index < -0.39 is 0 Å². The quantitative estimate of drug-likeness (QED) is 0.709. The Labute approximate surface area is 163 Å². The van der Waals surface area contributed by atoms with Gasteiger partial charge in [-0.2, -0.15) is 0 Å². The number of benzene rings is 1. The smallest absolute Gasteiger partial charge is 0.254 e. The molecule has 0 radical (unpaired) electrons. The minimum absolute atomic E-state index is 0.144. The van der Waals surface area contributed by atoms with Gasteiger partial charge in [0, 0.05) is 29.9 Å². The number of piperidine rings is 1. The molecule has 2 aliphatic heterocycles. The van der Waals surface area contributed by atoms with E-state index in [-0.39, 0.29) is 12.0 Å². The van der Waals surface area contributed by atoms with E-state index in [0.29, 0.717) is 6.61 Å². The van der Waals surface area contributed by atoms with Crippen molar-refractivity contribution >= 4 is 23.1 Å². The second-order valence-corrected chi connectivity index (χ2v) is 7.87. The van der Waals surface area contributed by atoms with E-state index in [1.54, 1.807) is 0 Å². The lowest BCUT2D eigenvalue weighted by atomic mass is 9.88. The van der Waals surface area contributed by atoms with E-state index >= 15 is 0 Å². The molecule has 27 heavy (non-hydrogen) atoms. The van der Waals surface area contributed by atoms with E-state index in [9.17, 15) is 4.79 Å². The summed E-state index contributed by atoms with van der Waals surface area (Å²) >= 11 is 6.28. The number of carbonyl (C=O) groups excluding carboxylic acids is 1. The van der Waals surface area contributed by atoms with Crippen molar-refractivity contribution < 1.29 is 9.53 Å². The lowest BCUT2D eigenvalue weighted by Gasteiger charge is -2.30. The minimum atomic E-state index is -0.192. The van der Waals surface area contributed by atoms with Crippen LogP contribution in [-0.4, -0.2) is 41.6 Å². The number of amides is 1. The van der Waals surface area contributed by atoms with Gasteiger partial charge in [-0.15, -0.1) is 0 Å². The molecule has 2 saturated heterocycles. The van der Waals surface area contributed by atoms with Gasteiger partial charge in [0.15, 0.2) is 6.10 Å². The van der Waals surface area contributed by atoms with Crippen molar-refractivity contribution in [3.63, 3.8) is 0 Å². The van der Waals surface area contributed by atoms with Crippen LogP contribution in [0.5, 0.6) is 0 Å². The fraction of sp³-hybridized carbons (Fsp3) is 0.364. The molecular formula is C22H21ClN2O2. The molecule has 5 rings (SSSR count). The van der Waals surface area contributed by atoms with Crippen LogP contribution >= 0.6 is 11.6 Å². The molecule has 3 heterocycles. The van der Waals surface area contributed by atoms with Gasteiger partial charge in [0.25, 0.3) is 5.91 Å². The summed E-state index contributed by atoms with van der Waals surface area (Å²) in [5.74, 6) is 0.144. The molecule has 1 aromatic carbocycles. The fourth-order valence-corrected chi connectivity index (χ4v) is 4.47. The Kier molecular flexibility index (Phi) is 4.25. The highest BCUT2D eigenvalue weighted by molar-refractivity contribution is 6.30. The Morgan fingerprint density at radius 2 is 1.89 bits per heavy atom. The zero-order chi connectivity index (χ0) is 18.4. The lowest BCUT2D eigenvalue weighted by Crippen LogP contribution is -2.39. The zero-order valence-corrected chi connectivity index (χ0v) is 15.8. The fourth-order valence-electron chi connectivity index (χ4n) is 4.27. The maximum absolute atomic E-state index is 12.3. The van der Waals surface area contributed by atoms with Crippen LogP contribution in [0.15, 0.2) is 42.1 Å². The zero-order valence-electron chi connectivity index (χ0n) is 15.1. The van der Waals surface area contributed by atoms with Crippen LogP contribution < -0.4 is 0 Å². The SMILES string of the molecule is O=C(C1CO1)N1CCC(=C2c3ccc(Cl)cc3CCc3cccnc32)CC1. The lowest BCUT2D eigenvalue weighted by molar-refractivity contribution is -0.132. The summed E-state index contributed by atoms with van der Waals surface area (Å²) < 4.78 is 5.16. The highest BCUT2D eigenvalue weighted by Gasteiger charge is 2.36. The third kappa shape index (κ3) is 3.17. The summed E-state index contributed by atoms with van der Waals surface area (Å²) in [6, 6.07) is 10.4. The summed E-state index contributed by atoms with van der Waals surface area (Å²) in [7, 11) is 0. The van der Waals surface area contributed by atoms with Gasteiger partial charge in [0.2, 0.25) is 0 Å². The Hall–Kier alpha value is -2.17. The van der Waals surface area contributed by atoms with Gasteiger partial charge in [0.05, 0.1) is 12.3 Å². The molecule has 5 heteroatoms. The number of fused-ring (bicyclic) bond motifs is 2. The van der Waals surface area contributed by atoms with Crippen LogP contribution in [0.2, 0.25) is 5.02 Å². The highest BCUT2D eigenvalue weighted by Crippen LogP contribution is 2.38. The van der Waals surface area contributed by atoms with Crippen molar-refractivity contribution in [3.8, 4) is 0 Å². The first kappa shape index (κ1) is 17.0. The molecule has 2 aromatic rings. The van der Waals surface area contributed by atoms with Crippen LogP contribution in [0, 0.1) is 0 Å². The molecule has 0 saturated carbocycles. The first-order chi connectivity index (χ1) is 13.2. The molecule has 0 spiro atoms. The van der Waals surface area contributed by atoms with Crippen LogP contribution in [0.3, 0.4) is 0 Å². The van der Waals surface area contributed by atoms with Gasteiger partial charge in [0.1, 0.15) is 0 Å². The molecule has 1 unspecified atom stereocenters. The maximum Gasteiger partial charge on any atom is 0.254 e. The largest absolute Gasteiger partial charge is 0.363 e.